The maximum absolute atomic E-state index is 11.8. The van der Waals surface area contributed by atoms with E-state index in [4.69, 9.17) is 5.11 Å². The van der Waals surface area contributed by atoms with Crippen molar-refractivity contribution in [1.82, 2.24) is 14.8 Å². The van der Waals surface area contributed by atoms with Crippen LogP contribution >= 0.6 is 0 Å². The number of aliphatic hydroxyl groups is 1. The highest BCUT2D eigenvalue weighted by Gasteiger charge is 2.03. The molecule has 102 valence electrons. The Kier molecular flexibility index (Phi) is 4.87. The molecular weight excluding hydrogens is 256 g/mol. The highest BCUT2D eigenvalue weighted by Crippen LogP contribution is 2.10. The summed E-state index contributed by atoms with van der Waals surface area (Å²) in [7, 11) is 0. The van der Waals surface area contributed by atoms with Crippen molar-refractivity contribution in [2.24, 2.45) is 0 Å². The van der Waals surface area contributed by atoms with Crippen molar-refractivity contribution >= 4 is 11.6 Å². The summed E-state index contributed by atoms with van der Waals surface area (Å²) in [5, 5.41) is 15.4. The first-order chi connectivity index (χ1) is 9.78. The number of aromatic nitrogens is 3. The molecule has 2 aromatic rings. The molecule has 2 rings (SSSR count). The third-order valence-electron chi connectivity index (χ3n) is 2.49. The molecule has 0 fully saturated rings. The van der Waals surface area contributed by atoms with Gasteiger partial charge >= 0.3 is 0 Å². The quantitative estimate of drug-likeness (QED) is 0.799. The lowest BCUT2D eigenvalue weighted by atomic mass is 10.2. The first-order valence-corrected chi connectivity index (χ1v) is 6.10. The van der Waals surface area contributed by atoms with E-state index in [0.29, 0.717) is 18.7 Å². The fourth-order valence-electron chi connectivity index (χ4n) is 1.60. The van der Waals surface area contributed by atoms with Gasteiger partial charge in [-0.1, -0.05) is 17.9 Å². The lowest BCUT2D eigenvalue weighted by molar-refractivity contribution is -0.116. The van der Waals surface area contributed by atoms with Gasteiger partial charge in [0.05, 0.1) is 6.54 Å². The molecule has 0 aliphatic carbocycles. The first-order valence-electron chi connectivity index (χ1n) is 6.10. The van der Waals surface area contributed by atoms with Crippen LogP contribution in [0.1, 0.15) is 12.0 Å². The van der Waals surface area contributed by atoms with Crippen LogP contribution in [0.25, 0.3) is 0 Å². The minimum Gasteiger partial charge on any atom is -0.384 e. The number of anilines is 1. The van der Waals surface area contributed by atoms with Crippen molar-refractivity contribution in [3.63, 3.8) is 0 Å². The number of carbonyl (C=O) groups is 1. The van der Waals surface area contributed by atoms with E-state index in [-0.39, 0.29) is 12.5 Å². The standard InChI is InChI=1S/C14H14N4O2/c19-8-2-4-12-3-1-5-13(9-12)17-14(20)6-7-18-11-15-10-16-18/h1,3,5,9-11,19H,6-8H2,(H,17,20). The van der Waals surface area contributed by atoms with Gasteiger partial charge in [0.2, 0.25) is 5.91 Å². The SMILES string of the molecule is O=C(CCn1cncn1)Nc1cccc(C#CCO)c1. The number of hydrogen-bond donors (Lipinski definition) is 2. The Morgan fingerprint density at radius 2 is 2.35 bits per heavy atom. The minimum atomic E-state index is -0.186. The average molecular weight is 270 g/mol. The average Bonchev–Trinajstić information content (AvgIpc) is 2.97. The van der Waals surface area contributed by atoms with Crippen LogP contribution in [0.5, 0.6) is 0 Å². The van der Waals surface area contributed by atoms with Crippen molar-refractivity contribution in [2.45, 2.75) is 13.0 Å². The molecule has 20 heavy (non-hydrogen) atoms. The Hall–Kier alpha value is -2.65. The molecule has 1 aromatic heterocycles. The zero-order chi connectivity index (χ0) is 14.2. The zero-order valence-corrected chi connectivity index (χ0v) is 10.8. The molecule has 0 spiro atoms. The van der Waals surface area contributed by atoms with Gasteiger partial charge in [-0.05, 0) is 18.2 Å². The summed E-state index contributed by atoms with van der Waals surface area (Å²) in [5.41, 5.74) is 1.42. The molecule has 0 unspecified atom stereocenters. The Bertz CT molecular complexity index is 626. The van der Waals surface area contributed by atoms with Gasteiger partial charge in [0.1, 0.15) is 19.3 Å². The lowest BCUT2D eigenvalue weighted by Gasteiger charge is -2.05. The smallest absolute Gasteiger partial charge is 0.226 e. The van der Waals surface area contributed by atoms with Crippen molar-refractivity contribution in [2.75, 3.05) is 11.9 Å². The number of rotatable bonds is 4. The molecule has 0 saturated carbocycles. The monoisotopic (exact) mass is 270 g/mol. The Balaban J connectivity index is 1.90. The molecule has 1 amide bonds. The second kappa shape index (κ2) is 7.07. The number of benzene rings is 1. The summed E-state index contributed by atoms with van der Waals surface area (Å²) >= 11 is 0. The molecule has 1 heterocycles. The Morgan fingerprint density at radius 3 is 3.10 bits per heavy atom. The topological polar surface area (TPSA) is 80.0 Å². The highest BCUT2D eigenvalue weighted by atomic mass is 16.2. The van der Waals surface area contributed by atoms with Crippen molar-refractivity contribution < 1.29 is 9.90 Å². The van der Waals surface area contributed by atoms with Gasteiger partial charge < -0.3 is 10.4 Å². The molecule has 0 aliphatic rings. The maximum atomic E-state index is 11.8. The van der Waals surface area contributed by atoms with E-state index < -0.39 is 0 Å². The number of carbonyl (C=O) groups excluding carboxylic acids is 1. The van der Waals surface area contributed by atoms with Gasteiger partial charge in [0.25, 0.3) is 0 Å². The second-order valence-electron chi connectivity index (χ2n) is 4.00. The number of aryl methyl sites for hydroxylation is 1. The number of hydrogen-bond acceptors (Lipinski definition) is 4. The normalized spacial score (nSPS) is 9.65. The van der Waals surface area contributed by atoms with E-state index in [0.717, 1.165) is 5.56 Å². The van der Waals surface area contributed by atoms with E-state index in [1.807, 2.05) is 6.07 Å². The van der Waals surface area contributed by atoms with Gasteiger partial charge in [0, 0.05) is 17.7 Å². The van der Waals surface area contributed by atoms with Crippen molar-refractivity contribution in [1.29, 1.82) is 0 Å². The number of aliphatic hydroxyl groups excluding tert-OH is 1. The number of nitrogens with one attached hydrogen (secondary N) is 1. The van der Waals surface area contributed by atoms with Gasteiger partial charge in [0.15, 0.2) is 0 Å². The van der Waals surface area contributed by atoms with E-state index in [1.54, 1.807) is 29.2 Å². The molecule has 0 aliphatic heterocycles. The fourth-order valence-corrected chi connectivity index (χ4v) is 1.60. The Labute approximate surface area is 116 Å². The summed E-state index contributed by atoms with van der Waals surface area (Å²) in [6, 6.07) is 7.16. The summed E-state index contributed by atoms with van der Waals surface area (Å²) in [6.07, 6.45) is 3.31. The van der Waals surface area contributed by atoms with Gasteiger partial charge in [-0.25, -0.2) is 4.98 Å². The van der Waals surface area contributed by atoms with Gasteiger partial charge in [-0.3, -0.25) is 9.48 Å². The van der Waals surface area contributed by atoms with Crippen LogP contribution in [0.4, 0.5) is 5.69 Å². The summed E-state index contributed by atoms with van der Waals surface area (Å²) in [6.45, 7) is 0.296. The summed E-state index contributed by atoms with van der Waals surface area (Å²) < 4.78 is 1.60. The fraction of sp³-hybridized carbons (Fsp3) is 0.214. The molecule has 2 N–H and O–H groups in total. The van der Waals surface area contributed by atoms with Crippen LogP contribution in [0.15, 0.2) is 36.9 Å². The van der Waals surface area contributed by atoms with Crippen molar-refractivity contribution in [3.05, 3.63) is 42.5 Å². The Morgan fingerprint density at radius 1 is 1.45 bits per heavy atom. The molecule has 0 bridgehead atoms. The van der Waals surface area contributed by atoms with Gasteiger partial charge in [-0.2, -0.15) is 5.10 Å². The second-order valence-corrected chi connectivity index (χ2v) is 4.00. The molecule has 0 saturated heterocycles. The van der Waals surface area contributed by atoms with Crippen LogP contribution in [0, 0.1) is 11.8 Å². The number of nitrogens with zero attached hydrogens (tertiary/aromatic N) is 3. The molecule has 6 heteroatoms. The first kappa shape index (κ1) is 13.8. The predicted octanol–water partition coefficient (Wildman–Crippen LogP) is 0.651. The van der Waals surface area contributed by atoms with E-state index in [1.165, 1.54) is 6.33 Å². The minimum absolute atomic E-state index is 0.104. The van der Waals surface area contributed by atoms with Crippen LogP contribution < -0.4 is 5.32 Å². The molecular formula is C14H14N4O2. The molecule has 0 radical (unpaired) electrons. The molecule has 6 nitrogen and oxygen atoms in total. The maximum Gasteiger partial charge on any atom is 0.226 e. The zero-order valence-electron chi connectivity index (χ0n) is 10.8. The number of amides is 1. The molecule has 0 atom stereocenters. The van der Waals surface area contributed by atoms with E-state index in [2.05, 4.69) is 27.2 Å². The van der Waals surface area contributed by atoms with Crippen LogP contribution in [-0.4, -0.2) is 32.4 Å². The van der Waals surface area contributed by atoms with Crippen molar-refractivity contribution in [3.8, 4) is 11.8 Å². The van der Waals surface area contributed by atoms with Crippen LogP contribution in [0.3, 0.4) is 0 Å². The lowest BCUT2D eigenvalue weighted by Crippen LogP contribution is -2.14. The predicted molar refractivity (Wildman–Crippen MR) is 73.7 cm³/mol. The third-order valence-corrected chi connectivity index (χ3v) is 2.49. The highest BCUT2D eigenvalue weighted by molar-refractivity contribution is 5.90. The van der Waals surface area contributed by atoms with Crippen LogP contribution in [-0.2, 0) is 11.3 Å². The summed E-state index contributed by atoms with van der Waals surface area (Å²) in [5.74, 6) is 5.25. The van der Waals surface area contributed by atoms with E-state index in [9.17, 15) is 4.79 Å². The van der Waals surface area contributed by atoms with Crippen LogP contribution in [0.2, 0.25) is 0 Å². The van der Waals surface area contributed by atoms with E-state index >= 15 is 0 Å². The summed E-state index contributed by atoms with van der Waals surface area (Å²) in [4.78, 5) is 15.6. The third kappa shape index (κ3) is 4.23. The van der Waals surface area contributed by atoms with Gasteiger partial charge in [-0.15, -0.1) is 0 Å². The molecule has 1 aromatic carbocycles. The largest absolute Gasteiger partial charge is 0.384 e.